The third-order valence-corrected chi connectivity index (χ3v) is 4.39. The highest BCUT2D eigenvalue weighted by Crippen LogP contribution is 2.34. The Kier molecular flexibility index (Phi) is 3.17. The average Bonchev–Trinajstić information content (AvgIpc) is 2.67. The van der Waals surface area contributed by atoms with Crippen LogP contribution in [0.3, 0.4) is 0 Å². The number of H-pyrrole nitrogens is 1. The summed E-state index contributed by atoms with van der Waals surface area (Å²) in [5.41, 5.74) is 0.854. The number of hydrogen-bond acceptors (Lipinski definition) is 1. The maximum Gasteiger partial charge on any atom is 0.178 e. The second kappa shape index (κ2) is 4.71. The van der Waals surface area contributed by atoms with Crippen LogP contribution < -0.4 is 0 Å². The molecule has 5 heteroatoms. The van der Waals surface area contributed by atoms with E-state index in [2.05, 4.69) is 11.9 Å². The van der Waals surface area contributed by atoms with Gasteiger partial charge in [-0.1, -0.05) is 6.92 Å². The fourth-order valence-electron chi connectivity index (χ4n) is 3.01. The molecule has 1 heterocycles. The molecule has 1 aliphatic carbocycles. The second-order valence-corrected chi connectivity index (χ2v) is 5.88. The summed E-state index contributed by atoms with van der Waals surface area (Å²) in [7, 11) is 0. The summed E-state index contributed by atoms with van der Waals surface area (Å²) in [6.45, 7) is 2.24. The number of aromatic amines is 1. The minimum absolute atomic E-state index is 0.249. The Bertz CT molecular complexity index is 666. The molecule has 102 valence electrons. The number of nitrogens with one attached hydrogen (secondary N) is 1. The zero-order valence-electron chi connectivity index (χ0n) is 10.7. The first kappa shape index (κ1) is 12.8. The monoisotopic (exact) mass is 282 g/mol. The zero-order chi connectivity index (χ0) is 13.6. The summed E-state index contributed by atoms with van der Waals surface area (Å²) in [6, 6.07) is 2.50. The predicted octanol–water partition coefficient (Wildman–Crippen LogP) is 4.73. The van der Waals surface area contributed by atoms with Crippen molar-refractivity contribution in [2.24, 2.45) is 5.92 Å². The van der Waals surface area contributed by atoms with Crippen LogP contribution in [-0.2, 0) is 0 Å². The Morgan fingerprint density at radius 3 is 2.58 bits per heavy atom. The number of halogens is 2. The van der Waals surface area contributed by atoms with Crippen molar-refractivity contribution >= 4 is 23.3 Å². The quantitative estimate of drug-likeness (QED) is 0.750. The van der Waals surface area contributed by atoms with Crippen LogP contribution in [0.4, 0.5) is 8.78 Å². The molecule has 1 aromatic carbocycles. The van der Waals surface area contributed by atoms with Gasteiger partial charge in [0.15, 0.2) is 10.6 Å². The number of hydrogen-bond donors (Lipinski definition) is 1. The lowest BCUT2D eigenvalue weighted by Gasteiger charge is -2.27. The highest BCUT2D eigenvalue weighted by Gasteiger charge is 2.23. The summed E-state index contributed by atoms with van der Waals surface area (Å²) < 4.78 is 29.5. The molecule has 0 atom stereocenters. The molecule has 1 aromatic heterocycles. The van der Waals surface area contributed by atoms with Gasteiger partial charge in [0.1, 0.15) is 11.3 Å². The van der Waals surface area contributed by atoms with Crippen LogP contribution in [0.5, 0.6) is 0 Å². The molecule has 1 saturated carbocycles. The number of rotatable bonds is 1. The fourth-order valence-corrected chi connectivity index (χ4v) is 3.36. The van der Waals surface area contributed by atoms with Crippen LogP contribution in [0.25, 0.3) is 11.0 Å². The molecule has 2 aromatic rings. The van der Waals surface area contributed by atoms with Crippen LogP contribution in [0, 0.1) is 22.3 Å². The Morgan fingerprint density at radius 2 is 1.89 bits per heavy atom. The van der Waals surface area contributed by atoms with Crippen molar-refractivity contribution < 1.29 is 8.78 Å². The fraction of sp³-hybridized carbons (Fsp3) is 0.500. The Labute approximate surface area is 115 Å². The minimum atomic E-state index is -0.580. The summed E-state index contributed by atoms with van der Waals surface area (Å²) >= 11 is 5.28. The van der Waals surface area contributed by atoms with Crippen LogP contribution in [0.15, 0.2) is 12.1 Å². The van der Waals surface area contributed by atoms with Crippen LogP contribution in [-0.4, -0.2) is 9.55 Å². The maximum absolute atomic E-state index is 13.7. The number of aromatic nitrogens is 2. The number of nitrogens with zero attached hydrogens (tertiary/aromatic N) is 1. The summed E-state index contributed by atoms with van der Waals surface area (Å²) in [6.07, 6.45) is 4.30. The molecule has 0 saturated heterocycles. The van der Waals surface area contributed by atoms with Crippen molar-refractivity contribution in [3.8, 4) is 0 Å². The Balaban J connectivity index is 2.13. The van der Waals surface area contributed by atoms with E-state index in [1.54, 1.807) is 0 Å². The summed E-state index contributed by atoms with van der Waals surface area (Å²) in [4.78, 5) is 2.87. The molecule has 0 spiro atoms. The van der Waals surface area contributed by atoms with Gasteiger partial charge >= 0.3 is 0 Å². The van der Waals surface area contributed by atoms with Gasteiger partial charge in [0.2, 0.25) is 0 Å². The predicted molar refractivity (Wildman–Crippen MR) is 73.7 cm³/mol. The first-order valence-electron chi connectivity index (χ1n) is 6.65. The highest BCUT2D eigenvalue weighted by atomic mass is 32.1. The lowest BCUT2D eigenvalue weighted by molar-refractivity contribution is 0.292. The molecule has 0 radical (unpaired) electrons. The van der Waals surface area contributed by atoms with Crippen molar-refractivity contribution in [3.05, 3.63) is 28.5 Å². The van der Waals surface area contributed by atoms with Gasteiger partial charge < -0.3 is 9.55 Å². The summed E-state index contributed by atoms with van der Waals surface area (Å²) in [5, 5.41) is 0. The molecule has 1 N–H and O–H groups in total. The van der Waals surface area contributed by atoms with E-state index >= 15 is 0 Å². The smallest absolute Gasteiger partial charge is 0.178 e. The maximum atomic E-state index is 13.7. The molecular formula is C14H16F2N2S. The van der Waals surface area contributed by atoms with E-state index in [1.165, 1.54) is 6.07 Å². The molecule has 1 aliphatic rings. The third-order valence-electron chi connectivity index (χ3n) is 4.09. The van der Waals surface area contributed by atoms with E-state index < -0.39 is 11.6 Å². The van der Waals surface area contributed by atoms with Crippen molar-refractivity contribution in [2.75, 3.05) is 0 Å². The zero-order valence-corrected chi connectivity index (χ0v) is 11.6. The minimum Gasteiger partial charge on any atom is -0.328 e. The van der Waals surface area contributed by atoms with Crippen LogP contribution in [0.1, 0.15) is 38.6 Å². The average molecular weight is 282 g/mol. The van der Waals surface area contributed by atoms with Gasteiger partial charge in [-0.3, -0.25) is 0 Å². The van der Waals surface area contributed by atoms with Crippen molar-refractivity contribution in [2.45, 2.75) is 38.6 Å². The van der Waals surface area contributed by atoms with Crippen molar-refractivity contribution in [3.63, 3.8) is 0 Å². The molecular weight excluding hydrogens is 266 g/mol. The molecule has 19 heavy (non-hydrogen) atoms. The normalized spacial score (nSPS) is 23.9. The standard InChI is InChI=1S/C14H16F2N2S/c1-8-2-4-10(5-3-8)18-12-7-9(15)6-11(16)13(12)17-14(18)19/h6-8,10H,2-5H2,1H3,(H,17,19). The van der Waals surface area contributed by atoms with E-state index in [0.29, 0.717) is 15.8 Å². The second-order valence-electron chi connectivity index (χ2n) is 5.50. The number of benzene rings is 1. The van der Waals surface area contributed by atoms with E-state index in [1.807, 2.05) is 4.57 Å². The van der Waals surface area contributed by atoms with Gasteiger partial charge in [0.25, 0.3) is 0 Å². The molecule has 0 aliphatic heterocycles. The Morgan fingerprint density at radius 1 is 1.21 bits per heavy atom. The lowest BCUT2D eigenvalue weighted by atomic mass is 9.87. The van der Waals surface area contributed by atoms with Crippen LogP contribution in [0.2, 0.25) is 0 Å². The highest BCUT2D eigenvalue weighted by molar-refractivity contribution is 7.71. The van der Waals surface area contributed by atoms with Gasteiger partial charge in [-0.05, 0) is 49.9 Å². The van der Waals surface area contributed by atoms with Crippen molar-refractivity contribution in [1.29, 1.82) is 0 Å². The van der Waals surface area contributed by atoms with Gasteiger partial charge in [0.05, 0.1) is 5.52 Å². The molecule has 3 rings (SSSR count). The van der Waals surface area contributed by atoms with Crippen molar-refractivity contribution in [1.82, 2.24) is 9.55 Å². The molecule has 1 fully saturated rings. The van der Waals surface area contributed by atoms with Gasteiger partial charge in [-0.15, -0.1) is 0 Å². The molecule has 0 amide bonds. The first-order valence-corrected chi connectivity index (χ1v) is 7.06. The van der Waals surface area contributed by atoms with Crippen LogP contribution >= 0.6 is 12.2 Å². The van der Waals surface area contributed by atoms with E-state index in [9.17, 15) is 8.78 Å². The molecule has 0 unspecified atom stereocenters. The van der Waals surface area contributed by atoms with E-state index in [4.69, 9.17) is 12.2 Å². The van der Waals surface area contributed by atoms with E-state index in [-0.39, 0.29) is 6.04 Å². The number of imidazole rings is 1. The van der Waals surface area contributed by atoms with Gasteiger partial charge in [-0.2, -0.15) is 0 Å². The van der Waals surface area contributed by atoms with Gasteiger partial charge in [0, 0.05) is 12.1 Å². The SMILES string of the molecule is CC1CCC(n2c(=S)[nH]c3c(F)cc(F)cc32)CC1. The van der Waals surface area contributed by atoms with E-state index in [0.717, 1.165) is 37.7 Å². The third kappa shape index (κ3) is 2.20. The topological polar surface area (TPSA) is 20.7 Å². The Hall–Kier alpha value is -1.23. The van der Waals surface area contributed by atoms with Gasteiger partial charge in [-0.25, -0.2) is 8.78 Å². The molecule has 2 nitrogen and oxygen atoms in total. The largest absolute Gasteiger partial charge is 0.328 e. The summed E-state index contributed by atoms with van der Waals surface area (Å²) in [5.74, 6) is -0.412. The number of fused-ring (bicyclic) bond motifs is 1. The first-order chi connectivity index (χ1) is 9.06. The molecule has 0 bridgehead atoms. The lowest BCUT2D eigenvalue weighted by Crippen LogP contribution is -2.16.